The van der Waals surface area contributed by atoms with Crippen LogP contribution in [0.1, 0.15) is 49.1 Å². The van der Waals surface area contributed by atoms with Crippen molar-refractivity contribution < 1.29 is 0 Å². The summed E-state index contributed by atoms with van der Waals surface area (Å²) < 4.78 is 2.36. The van der Waals surface area contributed by atoms with E-state index in [0.717, 1.165) is 12.6 Å². The molecule has 0 spiro atoms. The zero-order valence-electron chi connectivity index (χ0n) is 13.2. The first-order chi connectivity index (χ1) is 10.3. The molecular formula is C19H26N2. The first-order valence-electron chi connectivity index (χ1n) is 8.22. The predicted molar refractivity (Wildman–Crippen MR) is 89.0 cm³/mol. The molecule has 0 bridgehead atoms. The van der Waals surface area contributed by atoms with Gasteiger partial charge in [0.05, 0.1) is 0 Å². The Labute approximate surface area is 128 Å². The van der Waals surface area contributed by atoms with Gasteiger partial charge in [0.25, 0.3) is 0 Å². The zero-order valence-corrected chi connectivity index (χ0v) is 13.2. The molecule has 1 aromatic carbocycles. The summed E-state index contributed by atoms with van der Waals surface area (Å²) >= 11 is 0. The van der Waals surface area contributed by atoms with Gasteiger partial charge in [0.2, 0.25) is 0 Å². The lowest BCUT2D eigenvalue weighted by atomic mass is 9.95. The van der Waals surface area contributed by atoms with Crippen LogP contribution in [0.5, 0.6) is 0 Å². The van der Waals surface area contributed by atoms with Gasteiger partial charge in [-0.3, -0.25) is 0 Å². The van der Waals surface area contributed by atoms with Crippen molar-refractivity contribution in [2.24, 2.45) is 0 Å². The average molecular weight is 282 g/mol. The Kier molecular flexibility index (Phi) is 4.45. The fourth-order valence-corrected chi connectivity index (χ4v) is 3.54. The van der Waals surface area contributed by atoms with E-state index < -0.39 is 0 Å². The van der Waals surface area contributed by atoms with Crippen molar-refractivity contribution in [3.8, 4) is 5.69 Å². The molecule has 0 aliphatic heterocycles. The molecule has 0 unspecified atom stereocenters. The van der Waals surface area contributed by atoms with E-state index in [1.807, 2.05) is 0 Å². The molecule has 2 heteroatoms. The van der Waals surface area contributed by atoms with E-state index in [-0.39, 0.29) is 0 Å². The molecule has 0 amide bonds. The van der Waals surface area contributed by atoms with Crippen LogP contribution < -0.4 is 5.32 Å². The number of para-hydroxylation sites is 1. The third kappa shape index (κ3) is 3.21. The number of rotatable bonds is 4. The molecule has 0 atom stereocenters. The van der Waals surface area contributed by atoms with Crippen LogP contribution in [-0.4, -0.2) is 10.6 Å². The van der Waals surface area contributed by atoms with Gasteiger partial charge >= 0.3 is 0 Å². The highest BCUT2D eigenvalue weighted by Crippen LogP contribution is 2.22. The van der Waals surface area contributed by atoms with Gasteiger partial charge in [0.15, 0.2) is 0 Å². The van der Waals surface area contributed by atoms with Crippen LogP contribution in [0.2, 0.25) is 0 Å². The molecule has 1 N–H and O–H groups in total. The van der Waals surface area contributed by atoms with Gasteiger partial charge < -0.3 is 9.88 Å². The van der Waals surface area contributed by atoms with Gasteiger partial charge in [0.1, 0.15) is 0 Å². The Bertz CT molecular complexity index is 577. The number of hydrogen-bond donors (Lipinski definition) is 1. The fraction of sp³-hybridized carbons (Fsp3) is 0.474. The molecule has 1 saturated carbocycles. The van der Waals surface area contributed by atoms with Crippen LogP contribution in [0.25, 0.3) is 5.69 Å². The minimum atomic E-state index is 0.721. The molecular weight excluding hydrogens is 256 g/mol. The first kappa shape index (κ1) is 14.4. The van der Waals surface area contributed by atoms with Crippen molar-refractivity contribution in [2.45, 2.75) is 58.5 Å². The van der Waals surface area contributed by atoms with Gasteiger partial charge in [0, 0.05) is 29.7 Å². The largest absolute Gasteiger partial charge is 0.318 e. The highest BCUT2D eigenvalue weighted by Gasteiger charge is 2.15. The van der Waals surface area contributed by atoms with Gasteiger partial charge in [-0.1, -0.05) is 37.5 Å². The Morgan fingerprint density at radius 3 is 2.48 bits per heavy atom. The van der Waals surface area contributed by atoms with Crippen LogP contribution in [-0.2, 0) is 6.54 Å². The number of aromatic nitrogens is 1. The molecule has 3 rings (SSSR count). The molecule has 0 saturated heterocycles. The van der Waals surface area contributed by atoms with Crippen LogP contribution in [0, 0.1) is 13.8 Å². The molecule has 112 valence electrons. The monoisotopic (exact) mass is 282 g/mol. The standard InChI is InChI=1S/C19H26N2/c1-15-13-17(14-20-18-9-5-3-6-10-18)16(2)21(15)19-11-7-4-8-12-19/h4,7-8,11-13,18,20H,3,5-6,9-10,14H2,1-2H3. The summed E-state index contributed by atoms with van der Waals surface area (Å²) in [4.78, 5) is 0. The molecule has 21 heavy (non-hydrogen) atoms. The predicted octanol–water partition coefficient (Wildman–Crippen LogP) is 4.52. The topological polar surface area (TPSA) is 17.0 Å². The van der Waals surface area contributed by atoms with Crippen LogP contribution >= 0.6 is 0 Å². The van der Waals surface area contributed by atoms with Gasteiger partial charge in [-0.25, -0.2) is 0 Å². The number of nitrogens with one attached hydrogen (secondary N) is 1. The molecule has 1 aliphatic carbocycles. The van der Waals surface area contributed by atoms with Crippen molar-refractivity contribution in [1.29, 1.82) is 0 Å². The molecule has 2 aromatic rings. The smallest absolute Gasteiger partial charge is 0.0455 e. The van der Waals surface area contributed by atoms with Crippen LogP contribution in [0.3, 0.4) is 0 Å². The summed E-state index contributed by atoms with van der Waals surface area (Å²) in [5.74, 6) is 0. The van der Waals surface area contributed by atoms with Crippen LogP contribution in [0.15, 0.2) is 36.4 Å². The van der Waals surface area contributed by atoms with Crippen molar-refractivity contribution in [2.75, 3.05) is 0 Å². The SMILES string of the molecule is Cc1cc(CNC2CCCCC2)c(C)n1-c1ccccc1. The maximum Gasteiger partial charge on any atom is 0.0455 e. The van der Waals surface area contributed by atoms with Gasteiger partial charge in [-0.15, -0.1) is 0 Å². The summed E-state index contributed by atoms with van der Waals surface area (Å²) in [5.41, 5.74) is 5.37. The van der Waals surface area contributed by atoms with E-state index >= 15 is 0 Å². The normalized spacial score (nSPS) is 16.3. The second-order valence-electron chi connectivity index (χ2n) is 6.28. The molecule has 1 aliphatic rings. The van der Waals surface area contributed by atoms with Crippen molar-refractivity contribution >= 4 is 0 Å². The minimum absolute atomic E-state index is 0.721. The molecule has 1 fully saturated rings. The lowest BCUT2D eigenvalue weighted by Gasteiger charge is -2.22. The van der Waals surface area contributed by atoms with E-state index in [1.54, 1.807) is 0 Å². The van der Waals surface area contributed by atoms with Crippen molar-refractivity contribution in [1.82, 2.24) is 9.88 Å². The first-order valence-corrected chi connectivity index (χ1v) is 8.22. The Balaban J connectivity index is 1.75. The number of benzene rings is 1. The second kappa shape index (κ2) is 6.48. The number of hydrogen-bond acceptors (Lipinski definition) is 1. The van der Waals surface area contributed by atoms with Crippen molar-refractivity contribution in [3.63, 3.8) is 0 Å². The van der Waals surface area contributed by atoms with E-state index in [1.165, 1.54) is 54.7 Å². The molecule has 1 aromatic heterocycles. The molecule has 1 heterocycles. The Morgan fingerprint density at radius 2 is 1.76 bits per heavy atom. The summed E-state index contributed by atoms with van der Waals surface area (Å²) in [6.07, 6.45) is 6.89. The quantitative estimate of drug-likeness (QED) is 0.872. The zero-order chi connectivity index (χ0) is 14.7. The summed E-state index contributed by atoms with van der Waals surface area (Å²) in [5, 5.41) is 3.76. The fourth-order valence-electron chi connectivity index (χ4n) is 3.54. The molecule has 2 nitrogen and oxygen atoms in total. The van der Waals surface area contributed by atoms with E-state index in [2.05, 4.69) is 60.1 Å². The van der Waals surface area contributed by atoms with E-state index in [9.17, 15) is 0 Å². The summed E-state index contributed by atoms with van der Waals surface area (Å²) in [7, 11) is 0. The molecule has 0 radical (unpaired) electrons. The third-order valence-electron chi connectivity index (χ3n) is 4.74. The average Bonchev–Trinajstić information content (AvgIpc) is 2.81. The minimum Gasteiger partial charge on any atom is -0.318 e. The Morgan fingerprint density at radius 1 is 1.05 bits per heavy atom. The van der Waals surface area contributed by atoms with Crippen molar-refractivity contribution in [3.05, 3.63) is 53.3 Å². The summed E-state index contributed by atoms with van der Waals surface area (Å²) in [6.45, 7) is 5.43. The summed E-state index contributed by atoms with van der Waals surface area (Å²) in [6, 6.07) is 13.7. The number of nitrogens with zero attached hydrogens (tertiary/aromatic N) is 1. The maximum absolute atomic E-state index is 3.76. The van der Waals surface area contributed by atoms with Crippen LogP contribution in [0.4, 0.5) is 0 Å². The van der Waals surface area contributed by atoms with Gasteiger partial charge in [-0.05, 0) is 50.5 Å². The lowest BCUT2D eigenvalue weighted by molar-refractivity contribution is 0.372. The third-order valence-corrected chi connectivity index (χ3v) is 4.74. The van der Waals surface area contributed by atoms with E-state index in [0.29, 0.717) is 0 Å². The highest BCUT2D eigenvalue weighted by molar-refractivity contribution is 5.40. The van der Waals surface area contributed by atoms with E-state index in [4.69, 9.17) is 0 Å². The van der Waals surface area contributed by atoms with Gasteiger partial charge in [-0.2, -0.15) is 0 Å². The lowest BCUT2D eigenvalue weighted by Crippen LogP contribution is -2.30. The second-order valence-corrected chi connectivity index (χ2v) is 6.28. The number of aryl methyl sites for hydroxylation is 1. The highest BCUT2D eigenvalue weighted by atomic mass is 15.0. The maximum atomic E-state index is 3.76. The Hall–Kier alpha value is -1.54.